The summed E-state index contributed by atoms with van der Waals surface area (Å²) in [5.74, 6) is 2.98. The van der Waals surface area contributed by atoms with Crippen LogP contribution in [0.1, 0.15) is 24.1 Å². The summed E-state index contributed by atoms with van der Waals surface area (Å²) in [6, 6.07) is 12.1. The van der Waals surface area contributed by atoms with Crippen molar-refractivity contribution in [2.75, 3.05) is 21.0 Å². The lowest BCUT2D eigenvalue weighted by molar-refractivity contribution is 0.171. The topological polar surface area (TPSA) is 49.0 Å². The molecule has 1 heterocycles. The predicted octanol–water partition coefficient (Wildman–Crippen LogP) is 3.28. The van der Waals surface area contributed by atoms with Gasteiger partial charge >= 0.3 is 0 Å². The van der Waals surface area contributed by atoms with Gasteiger partial charge in [0.15, 0.2) is 11.5 Å². The minimum absolute atomic E-state index is 0.155. The van der Waals surface area contributed by atoms with Crippen molar-refractivity contribution in [1.82, 2.24) is 5.32 Å². The zero-order valence-electron chi connectivity index (χ0n) is 13.6. The molecule has 0 saturated carbocycles. The van der Waals surface area contributed by atoms with E-state index in [2.05, 4.69) is 18.3 Å². The van der Waals surface area contributed by atoms with Crippen LogP contribution in [0.5, 0.6) is 23.0 Å². The first-order valence-electron chi connectivity index (χ1n) is 7.55. The minimum Gasteiger partial charge on any atom is -0.496 e. The fourth-order valence-electron chi connectivity index (χ4n) is 2.69. The number of methoxy groups -OCH3 is 2. The lowest BCUT2D eigenvalue weighted by Crippen LogP contribution is -2.18. The van der Waals surface area contributed by atoms with Crippen LogP contribution in [0, 0.1) is 0 Å². The number of nitrogens with one attached hydrogen (secondary N) is 1. The van der Waals surface area contributed by atoms with Crippen molar-refractivity contribution in [1.29, 1.82) is 0 Å². The van der Waals surface area contributed by atoms with Crippen molar-refractivity contribution < 1.29 is 18.9 Å². The van der Waals surface area contributed by atoms with Gasteiger partial charge in [-0.05, 0) is 30.7 Å². The highest BCUT2D eigenvalue weighted by Gasteiger charge is 2.20. The number of para-hydroxylation sites is 1. The molecular formula is C18H21NO4. The maximum absolute atomic E-state index is 5.46. The Morgan fingerprint density at radius 1 is 1.09 bits per heavy atom. The van der Waals surface area contributed by atoms with E-state index >= 15 is 0 Å². The van der Waals surface area contributed by atoms with Crippen molar-refractivity contribution in [2.24, 2.45) is 0 Å². The first kappa shape index (κ1) is 15.5. The summed E-state index contributed by atoms with van der Waals surface area (Å²) in [4.78, 5) is 0. The summed E-state index contributed by atoms with van der Waals surface area (Å²) in [6.45, 7) is 3.04. The van der Waals surface area contributed by atoms with Gasteiger partial charge in [0.1, 0.15) is 5.75 Å². The molecule has 2 aromatic carbocycles. The van der Waals surface area contributed by atoms with Crippen LogP contribution in [0.2, 0.25) is 0 Å². The smallest absolute Gasteiger partial charge is 0.231 e. The van der Waals surface area contributed by atoms with Crippen LogP contribution >= 0.6 is 0 Å². The predicted molar refractivity (Wildman–Crippen MR) is 87.4 cm³/mol. The second-order valence-electron chi connectivity index (χ2n) is 5.38. The lowest BCUT2D eigenvalue weighted by atomic mass is 10.1. The van der Waals surface area contributed by atoms with Gasteiger partial charge in [0.05, 0.1) is 14.2 Å². The maximum atomic E-state index is 5.46. The van der Waals surface area contributed by atoms with Crippen molar-refractivity contribution >= 4 is 0 Å². The fraction of sp³-hybridized carbons (Fsp3) is 0.333. The molecule has 1 N–H and O–H groups in total. The van der Waals surface area contributed by atoms with Gasteiger partial charge in [-0.2, -0.15) is 0 Å². The van der Waals surface area contributed by atoms with Gasteiger partial charge in [0.25, 0.3) is 0 Å². The number of fused-ring (bicyclic) bond motifs is 1. The molecule has 0 saturated heterocycles. The third-order valence-corrected chi connectivity index (χ3v) is 3.94. The lowest BCUT2D eigenvalue weighted by Gasteiger charge is -2.17. The molecule has 0 aromatic heterocycles. The van der Waals surface area contributed by atoms with Crippen LogP contribution in [-0.2, 0) is 6.54 Å². The van der Waals surface area contributed by atoms with Crippen molar-refractivity contribution in [3.05, 3.63) is 47.5 Å². The first-order valence-corrected chi connectivity index (χ1v) is 7.55. The number of rotatable bonds is 6. The van der Waals surface area contributed by atoms with E-state index in [1.165, 1.54) is 0 Å². The first-order chi connectivity index (χ1) is 11.2. The van der Waals surface area contributed by atoms with Crippen LogP contribution in [-0.4, -0.2) is 21.0 Å². The van der Waals surface area contributed by atoms with Crippen molar-refractivity contribution in [2.45, 2.75) is 19.5 Å². The number of ether oxygens (including phenoxy) is 4. The Bertz CT molecular complexity index is 687. The summed E-state index contributed by atoms with van der Waals surface area (Å²) in [7, 11) is 3.32. The van der Waals surface area contributed by atoms with E-state index < -0.39 is 0 Å². The maximum Gasteiger partial charge on any atom is 0.231 e. The highest BCUT2D eigenvalue weighted by atomic mass is 16.7. The molecule has 23 heavy (non-hydrogen) atoms. The Morgan fingerprint density at radius 3 is 2.65 bits per heavy atom. The molecule has 0 fully saturated rings. The zero-order valence-corrected chi connectivity index (χ0v) is 13.6. The second-order valence-corrected chi connectivity index (χ2v) is 5.38. The molecule has 0 unspecified atom stereocenters. The van der Waals surface area contributed by atoms with Crippen LogP contribution in [0.25, 0.3) is 0 Å². The molecule has 2 aromatic rings. The molecular weight excluding hydrogens is 294 g/mol. The second kappa shape index (κ2) is 6.79. The highest BCUT2D eigenvalue weighted by molar-refractivity contribution is 5.55. The average molecular weight is 315 g/mol. The molecule has 1 aliphatic rings. The standard InChI is InChI=1S/C18H21NO4/c1-12(14-6-4-5-7-15(14)20-2)19-10-13-8-16(21-3)18-17(9-13)22-11-23-18/h4-9,12,19H,10-11H2,1-3H3/t12-/m0/s1. The Kier molecular flexibility index (Phi) is 4.57. The molecule has 0 bridgehead atoms. The summed E-state index contributed by atoms with van der Waals surface area (Å²) in [6.07, 6.45) is 0. The number of hydrogen-bond acceptors (Lipinski definition) is 5. The molecule has 0 radical (unpaired) electrons. The monoisotopic (exact) mass is 315 g/mol. The summed E-state index contributed by atoms with van der Waals surface area (Å²) in [5, 5.41) is 3.50. The largest absolute Gasteiger partial charge is 0.496 e. The Hall–Kier alpha value is -2.40. The molecule has 0 amide bonds. The molecule has 122 valence electrons. The highest BCUT2D eigenvalue weighted by Crippen LogP contribution is 2.41. The molecule has 1 aliphatic heterocycles. The van der Waals surface area contributed by atoms with Crippen LogP contribution in [0.15, 0.2) is 36.4 Å². The van der Waals surface area contributed by atoms with Gasteiger partial charge in [-0.1, -0.05) is 18.2 Å². The van der Waals surface area contributed by atoms with Gasteiger partial charge < -0.3 is 24.3 Å². The Balaban J connectivity index is 1.73. The number of hydrogen-bond donors (Lipinski definition) is 1. The molecule has 0 spiro atoms. The van der Waals surface area contributed by atoms with Crippen LogP contribution in [0.3, 0.4) is 0 Å². The summed E-state index contributed by atoms with van der Waals surface area (Å²) >= 11 is 0. The number of benzene rings is 2. The van der Waals surface area contributed by atoms with E-state index in [1.807, 2.05) is 30.3 Å². The minimum atomic E-state index is 0.155. The van der Waals surface area contributed by atoms with Gasteiger partial charge in [-0.3, -0.25) is 0 Å². The van der Waals surface area contributed by atoms with Crippen LogP contribution in [0.4, 0.5) is 0 Å². The molecule has 5 heteroatoms. The van der Waals surface area contributed by atoms with Crippen molar-refractivity contribution in [3.8, 4) is 23.0 Å². The average Bonchev–Trinajstić information content (AvgIpc) is 3.07. The normalized spacial score (nSPS) is 13.7. The third kappa shape index (κ3) is 3.19. The van der Waals surface area contributed by atoms with E-state index in [0.717, 1.165) is 22.6 Å². The SMILES string of the molecule is COc1ccccc1[C@H](C)NCc1cc(OC)c2c(c1)OCO2. The Morgan fingerprint density at radius 2 is 1.87 bits per heavy atom. The Labute approximate surface area is 136 Å². The fourth-order valence-corrected chi connectivity index (χ4v) is 2.69. The van der Waals surface area contributed by atoms with E-state index in [4.69, 9.17) is 18.9 Å². The third-order valence-electron chi connectivity index (χ3n) is 3.94. The summed E-state index contributed by atoms with van der Waals surface area (Å²) < 4.78 is 21.7. The van der Waals surface area contributed by atoms with E-state index in [9.17, 15) is 0 Å². The van der Waals surface area contributed by atoms with Gasteiger partial charge in [-0.25, -0.2) is 0 Å². The molecule has 0 aliphatic carbocycles. The van der Waals surface area contributed by atoms with Crippen LogP contribution < -0.4 is 24.3 Å². The molecule has 5 nitrogen and oxygen atoms in total. The van der Waals surface area contributed by atoms with Gasteiger partial charge in [0, 0.05) is 18.2 Å². The van der Waals surface area contributed by atoms with E-state index in [-0.39, 0.29) is 12.8 Å². The summed E-state index contributed by atoms with van der Waals surface area (Å²) in [5.41, 5.74) is 2.20. The van der Waals surface area contributed by atoms with Gasteiger partial charge in [0.2, 0.25) is 12.5 Å². The molecule has 3 rings (SSSR count). The van der Waals surface area contributed by atoms with E-state index in [0.29, 0.717) is 18.0 Å². The van der Waals surface area contributed by atoms with E-state index in [1.54, 1.807) is 14.2 Å². The van der Waals surface area contributed by atoms with Gasteiger partial charge in [-0.15, -0.1) is 0 Å². The van der Waals surface area contributed by atoms with Crippen molar-refractivity contribution in [3.63, 3.8) is 0 Å². The quantitative estimate of drug-likeness (QED) is 0.886. The zero-order chi connectivity index (χ0) is 16.2. The molecule has 1 atom stereocenters.